The van der Waals surface area contributed by atoms with Gasteiger partial charge in [0.05, 0.1) is 4.70 Å². The molecule has 114 valence electrons. The molecule has 0 aliphatic heterocycles. The maximum Gasteiger partial charge on any atom is 0.185 e. The summed E-state index contributed by atoms with van der Waals surface area (Å²) in [6, 6.07) is 10.6. The average molecular weight is 311 g/mol. The van der Waals surface area contributed by atoms with Crippen LogP contribution in [0.2, 0.25) is 0 Å². The molecular weight excluding hydrogens is 290 g/mol. The predicted molar refractivity (Wildman–Crippen MR) is 95.7 cm³/mol. The maximum atomic E-state index is 4.77. The van der Waals surface area contributed by atoms with Crippen LogP contribution in [0.4, 0.5) is 5.13 Å². The summed E-state index contributed by atoms with van der Waals surface area (Å²) in [5, 5.41) is 4.35. The Morgan fingerprint density at radius 2 is 1.86 bits per heavy atom. The third-order valence-corrected chi connectivity index (χ3v) is 4.83. The van der Waals surface area contributed by atoms with Crippen LogP contribution >= 0.6 is 11.3 Å². The zero-order chi connectivity index (χ0) is 15.5. The predicted octanol–water partition coefficient (Wildman–Crippen LogP) is 5.05. The van der Waals surface area contributed by atoms with Crippen molar-refractivity contribution in [1.82, 2.24) is 9.97 Å². The van der Waals surface area contributed by atoms with Gasteiger partial charge in [0.2, 0.25) is 0 Å². The molecule has 0 saturated carbocycles. The van der Waals surface area contributed by atoms with E-state index in [1.54, 1.807) is 11.3 Å². The first-order chi connectivity index (χ1) is 10.7. The van der Waals surface area contributed by atoms with Crippen molar-refractivity contribution in [2.45, 2.75) is 33.6 Å². The standard InChI is InChI=1S/C18H21N3S/c1-4-11-19-18-21-17-16(22-18)15(12(3)14(5-2)20-17)13-9-7-6-8-10-13/h6-10H,4-5,11H2,1-3H3,(H,19,20,21). The number of fused-ring (bicyclic) bond motifs is 1. The molecule has 0 spiro atoms. The summed E-state index contributed by atoms with van der Waals surface area (Å²) in [5.74, 6) is 0. The highest BCUT2D eigenvalue weighted by Crippen LogP contribution is 2.37. The van der Waals surface area contributed by atoms with Gasteiger partial charge in [-0.3, -0.25) is 0 Å². The van der Waals surface area contributed by atoms with Gasteiger partial charge in [0, 0.05) is 17.8 Å². The number of nitrogens with one attached hydrogen (secondary N) is 1. The highest BCUT2D eigenvalue weighted by atomic mass is 32.1. The number of aromatic nitrogens is 2. The third-order valence-electron chi connectivity index (χ3n) is 3.81. The zero-order valence-corrected chi connectivity index (χ0v) is 14.1. The second-order valence-electron chi connectivity index (χ2n) is 5.38. The molecule has 4 heteroatoms. The van der Waals surface area contributed by atoms with Gasteiger partial charge >= 0.3 is 0 Å². The maximum absolute atomic E-state index is 4.77. The van der Waals surface area contributed by atoms with E-state index in [-0.39, 0.29) is 0 Å². The lowest BCUT2D eigenvalue weighted by atomic mass is 9.99. The van der Waals surface area contributed by atoms with Crippen LogP contribution in [-0.2, 0) is 6.42 Å². The van der Waals surface area contributed by atoms with Crippen molar-refractivity contribution in [3.63, 3.8) is 0 Å². The lowest BCUT2D eigenvalue weighted by Crippen LogP contribution is -1.98. The van der Waals surface area contributed by atoms with E-state index in [1.165, 1.54) is 21.4 Å². The number of anilines is 1. The quantitative estimate of drug-likeness (QED) is 0.716. The van der Waals surface area contributed by atoms with Gasteiger partial charge in [0.15, 0.2) is 10.8 Å². The SMILES string of the molecule is CCCNc1nc2nc(CC)c(C)c(-c3ccccc3)c2s1. The summed E-state index contributed by atoms with van der Waals surface area (Å²) in [4.78, 5) is 9.45. The lowest BCUT2D eigenvalue weighted by Gasteiger charge is -2.10. The molecule has 0 radical (unpaired) electrons. The number of nitrogens with zero attached hydrogens (tertiary/aromatic N) is 2. The normalized spacial score (nSPS) is 11.0. The van der Waals surface area contributed by atoms with Gasteiger partial charge in [0.25, 0.3) is 0 Å². The van der Waals surface area contributed by atoms with Crippen LogP contribution in [0.25, 0.3) is 21.5 Å². The second kappa shape index (κ2) is 6.44. The van der Waals surface area contributed by atoms with Crippen molar-refractivity contribution >= 4 is 26.8 Å². The smallest absolute Gasteiger partial charge is 0.185 e. The third kappa shape index (κ3) is 2.71. The van der Waals surface area contributed by atoms with Crippen molar-refractivity contribution in [3.05, 3.63) is 41.6 Å². The molecule has 22 heavy (non-hydrogen) atoms. The highest BCUT2D eigenvalue weighted by molar-refractivity contribution is 7.22. The number of thiazole rings is 1. The zero-order valence-electron chi connectivity index (χ0n) is 13.3. The van der Waals surface area contributed by atoms with Crippen LogP contribution < -0.4 is 5.32 Å². The summed E-state index contributed by atoms with van der Waals surface area (Å²) in [7, 11) is 0. The fourth-order valence-electron chi connectivity index (χ4n) is 2.68. The fourth-order valence-corrected chi connectivity index (χ4v) is 3.74. The Bertz CT molecular complexity index is 778. The highest BCUT2D eigenvalue weighted by Gasteiger charge is 2.16. The number of hydrogen-bond donors (Lipinski definition) is 1. The number of rotatable bonds is 5. The first kappa shape index (κ1) is 15.0. The molecule has 0 unspecified atom stereocenters. The van der Waals surface area contributed by atoms with Gasteiger partial charge in [-0.15, -0.1) is 0 Å². The molecule has 3 rings (SSSR count). The van der Waals surface area contributed by atoms with Crippen LogP contribution in [0, 0.1) is 6.92 Å². The Kier molecular flexibility index (Phi) is 4.39. The number of pyridine rings is 1. The molecule has 0 saturated heterocycles. The van der Waals surface area contributed by atoms with Crippen molar-refractivity contribution < 1.29 is 0 Å². The van der Waals surface area contributed by atoms with Crippen LogP contribution in [0.15, 0.2) is 30.3 Å². The van der Waals surface area contributed by atoms with Gasteiger partial charge in [0.1, 0.15) is 0 Å². The molecule has 2 heterocycles. The number of hydrogen-bond acceptors (Lipinski definition) is 4. The van der Waals surface area contributed by atoms with E-state index in [1.807, 2.05) is 0 Å². The van der Waals surface area contributed by atoms with E-state index in [2.05, 4.69) is 61.4 Å². The summed E-state index contributed by atoms with van der Waals surface area (Å²) < 4.78 is 1.18. The van der Waals surface area contributed by atoms with E-state index in [0.717, 1.165) is 35.9 Å². The van der Waals surface area contributed by atoms with Crippen molar-refractivity contribution in [3.8, 4) is 11.1 Å². The van der Waals surface area contributed by atoms with Gasteiger partial charge in [-0.1, -0.05) is 55.5 Å². The van der Waals surface area contributed by atoms with Crippen LogP contribution in [-0.4, -0.2) is 16.5 Å². The molecule has 3 aromatic rings. The van der Waals surface area contributed by atoms with Crippen molar-refractivity contribution in [2.75, 3.05) is 11.9 Å². The summed E-state index contributed by atoms with van der Waals surface area (Å²) in [6.45, 7) is 7.43. The van der Waals surface area contributed by atoms with Gasteiger partial charge < -0.3 is 5.32 Å². The molecule has 0 amide bonds. The number of benzene rings is 1. The molecule has 1 N–H and O–H groups in total. The van der Waals surface area contributed by atoms with Gasteiger partial charge in [-0.25, -0.2) is 9.97 Å². The molecule has 3 nitrogen and oxygen atoms in total. The summed E-state index contributed by atoms with van der Waals surface area (Å²) >= 11 is 1.71. The average Bonchev–Trinajstić information content (AvgIpc) is 2.95. The molecule has 2 aromatic heterocycles. The van der Waals surface area contributed by atoms with E-state index >= 15 is 0 Å². The largest absolute Gasteiger partial charge is 0.361 e. The second-order valence-corrected chi connectivity index (χ2v) is 6.38. The van der Waals surface area contributed by atoms with Crippen LogP contribution in [0.3, 0.4) is 0 Å². The first-order valence-corrected chi connectivity index (χ1v) is 8.65. The van der Waals surface area contributed by atoms with Crippen LogP contribution in [0.5, 0.6) is 0 Å². The van der Waals surface area contributed by atoms with Crippen molar-refractivity contribution in [2.24, 2.45) is 0 Å². The Balaban J connectivity index is 2.22. The fraction of sp³-hybridized carbons (Fsp3) is 0.333. The lowest BCUT2D eigenvalue weighted by molar-refractivity contribution is 0.975. The topological polar surface area (TPSA) is 37.8 Å². The summed E-state index contributed by atoms with van der Waals surface area (Å²) in [6.07, 6.45) is 2.02. The Morgan fingerprint density at radius 1 is 1.09 bits per heavy atom. The van der Waals surface area contributed by atoms with E-state index < -0.39 is 0 Å². The molecule has 0 aliphatic carbocycles. The van der Waals surface area contributed by atoms with E-state index in [9.17, 15) is 0 Å². The Hall–Kier alpha value is -1.94. The Morgan fingerprint density at radius 3 is 2.55 bits per heavy atom. The Labute approximate surface area is 135 Å². The molecule has 0 aliphatic rings. The minimum absolute atomic E-state index is 0.866. The minimum atomic E-state index is 0.866. The first-order valence-electron chi connectivity index (χ1n) is 7.83. The minimum Gasteiger partial charge on any atom is -0.361 e. The van der Waals surface area contributed by atoms with E-state index in [0.29, 0.717) is 0 Å². The molecule has 0 bridgehead atoms. The number of aryl methyl sites for hydroxylation is 1. The molecule has 0 atom stereocenters. The molecular formula is C18H21N3S. The summed E-state index contributed by atoms with van der Waals surface area (Å²) in [5.41, 5.74) is 5.80. The molecule has 1 aromatic carbocycles. The van der Waals surface area contributed by atoms with Crippen LogP contribution in [0.1, 0.15) is 31.5 Å². The molecule has 0 fully saturated rings. The van der Waals surface area contributed by atoms with Crippen molar-refractivity contribution in [1.29, 1.82) is 0 Å². The monoisotopic (exact) mass is 311 g/mol. The van der Waals surface area contributed by atoms with Gasteiger partial charge in [-0.05, 0) is 30.9 Å². The van der Waals surface area contributed by atoms with Gasteiger partial charge in [-0.2, -0.15) is 0 Å². The van der Waals surface area contributed by atoms with E-state index in [4.69, 9.17) is 4.98 Å².